The Bertz CT molecular complexity index is 859. The molecule has 10 nitrogen and oxygen atoms in total. The minimum Gasteiger partial charge on any atom is -0.500 e. The molecule has 3 rings (SSSR count). The van der Waals surface area contributed by atoms with Crippen LogP contribution < -0.4 is 15.4 Å². The third-order valence-electron chi connectivity index (χ3n) is 4.89. The zero-order chi connectivity index (χ0) is 20.4. The van der Waals surface area contributed by atoms with Gasteiger partial charge in [-0.2, -0.15) is 0 Å². The summed E-state index contributed by atoms with van der Waals surface area (Å²) in [7, 11) is 1.25. The molecule has 1 fully saturated rings. The van der Waals surface area contributed by atoms with Crippen LogP contribution in [0.5, 0.6) is 11.5 Å². The number of phenols is 1. The summed E-state index contributed by atoms with van der Waals surface area (Å²) in [5.41, 5.74) is 0.0669. The number of aromatic hydroxyl groups is 1. The molecule has 0 saturated heterocycles. The molecule has 150 valence electrons. The highest BCUT2D eigenvalue weighted by molar-refractivity contribution is 5.95. The van der Waals surface area contributed by atoms with Crippen LogP contribution in [0.4, 0.5) is 10.5 Å². The summed E-state index contributed by atoms with van der Waals surface area (Å²) in [5, 5.41) is 26.4. The number of nitro groups is 1. The Labute approximate surface area is 160 Å². The van der Waals surface area contributed by atoms with Crippen molar-refractivity contribution in [2.45, 2.75) is 44.8 Å². The van der Waals surface area contributed by atoms with Crippen LogP contribution in [-0.4, -0.2) is 35.2 Å². The Morgan fingerprint density at radius 3 is 2.61 bits per heavy atom. The Morgan fingerprint density at radius 1 is 1.32 bits per heavy atom. The number of nitro benzene ring substituents is 1. The Hall–Kier alpha value is -3.30. The van der Waals surface area contributed by atoms with Crippen molar-refractivity contribution in [2.24, 2.45) is 0 Å². The normalized spacial score (nSPS) is 19.8. The number of nitrogens with zero attached hydrogens (tertiary/aromatic N) is 1. The van der Waals surface area contributed by atoms with Crippen molar-refractivity contribution in [3.63, 3.8) is 0 Å². The number of hydrogen-bond donors (Lipinski definition) is 3. The van der Waals surface area contributed by atoms with Gasteiger partial charge in [0.05, 0.1) is 23.6 Å². The van der Waals surface area contributed by atoms with Crippen LogP contribution >= 0.6 is 0 Å². The first-order valence-electron chi connectivity index (χ1n) is 8.86. The van der Waals surface area contributed by atoms with E-state index in [2.05, 4.69) is 10.6 Å². The summed E-state index contributed by atoms with van der Waals surface area (Å²) in [6, 6.07) is 0.893. The van der Waals surface area contributed by atoms with Gasteiger partial charge in [0.1, 0.15) is 6.10 Å². The van der Waals surface area contributed by atoms with Gasteiger partial charge in [-0.1, -0.05) is 0 Å². The predicted molar refractivity (Wildman–Crippen MR) is 96.8 cm³/mol. The number of carbonyl (C=O) groups is 2. The molecule has 2 amide bonds. The van der Waals surface area contributed by atoms with E-state index < -0.39 is 34.4 Å². The summed E-state index contributed by atoms with van der Waals surface area (Å²) in [5.74, 6) is -1.37. The molecule has 1 heterocycles. The average Bonchev–Trinajstić information content (AvgIpc) is 3.13. The second kappa shape index (κ2) is 7.75. The van der Waals surface area contributed by atoms with Crippen molar-refractivity contribution >= 4 is 17.7 Å². The second-order valence-corrected chi connectivity index (χ2v) is 6.73. The number of hydrogen-bond acceptors (Lipinski definition) is 7. The third kappa shape index (κ3) is 3.71. The largest absolute Gasteiger partial charge is 0.500 e. The number of amides is 2. The highest BCUT2D eigenvalue weighted by atomic mass is 16.6. The van der Waals surface area contributed by atoms with Gasteiger partial charge in [0.25, 0.3) is 0 Å². The first-order chi connectivity index (χ1) is 13.3. The number of allylic oxidation sites excluding steroid dienone is 1. The van der Waals surface area contributed by atoms with Crippen molar-refractivity contribution in [3.05, 3.63) is 39.1 Å². The summed E-state index contributed by atoms with van der Waals surface area (Å²) in [4.78, 5) is 35.3. The third-order valence-corrected chi connectivity index (χ3v) is 4.89. The van der Waals surface area contributed by atoms with Gasteiger partial charge in [-0.3, -0.25) is 10.1 Å². The fourth-order valence-electron chi connectivity index (χ4n) is 3.51. The molecule has 1 aromatic rings. The van der Waals surface area contributed by atoms with Crippen LogP contribution in [-0.2, 0) is 9.53 Å². The van der Waals surface area contributed by atoms with E-state index in [9.17, 15) is 24.8 Å². The molecule has 28 heavy (non-hydrogen) atoms. The SMILES string of the molecule is COc1cc(C2NC(=O)NC(C)=C2C(=O)OC2CCCC2)cc([N+](=O)[O-])c1O. The highest BCUT2D eigenvalue weighted by Gasteiger charge is 2.35. The maximum Gasteiger partial charge on any atom is 0.338 e. The summed E-state index contributed by atoms with van der Waals surface area (Å²) >= 11 is 0. The Morgan fingerprint density at radius 2 is 2.00 bits per heavy atom. The second-order valence-electron chi connectivity index (χ2n) is 6.73. The molecule has 0 radical (unpaired) electrons. The molecule has 10 heteroatoms. The van der Waals surface area contributed by atoms with Gasteiger partial charge in [-0.15, -0.1) is 0 Å². The molecule has 1 saturated carbocycles. The van der Waals surface area contributed by atoms with Crippen LogP contribution in [0, 0.1) is 10.1 Å². The zero-order valence-electron chi connectivity index (χ0n) is 15.5. The van der Waals surface area contributed by atoms with E-state index in [4.69, 9.17) is 9.47 Å². The topological polar surface area (TPSA) is 140 Å². The molecule has 3 N–H and O–H groups in total. The van der Waals surface area contributed by atoms with Crippen molar-refractivity contribution < 1.29 is 29.1 Å². The minimum absolute atomic E-state index is 0.141. The van der Waals surface area contributed by atoms with Crippen LogP contribution in [0.15, 0.2) is 23.4 Å². The van der Waals surface area contributed by atoms with E-state index in [1.54, 1.807) is 6.92 Å². The fourth-order valence-corrected chi connectivity index (χ4v) is 3.51. The number of phenolic OH excluding ortho intramolecular Hbond substituents is 1. The van der Waals surface area contributed by atoms with Gasteiger partial charge >= 0.3 is 17.7 Å². The van der Waals surface area contributed by atoms with E-state index in [0.29, 0.717) is 5.70 Å². The average molecular weight is 391 g/mol. The number of carbonyl (C=O) groups excluding carboxylic acids is 2. The molecule has 0 aromatic heterocycles. The first kappa shape index (κ1) is 19.5. The van der Waals surface area contributed by atoms with Gasteiger partial charge in [-0.05, 0) is 44.2 Å². The predicted octanol–water partition coefficient (Wildman–Crippen LogP) is 2.42. The number of methoxy groups -OCH3 is 1. The number of ether oxygens (including phenoxy) is 2. The quantitative estimate of drug-likeness (QED) is 0.398. The Balaban J connectivity index is 2.03. The molecule has 1 aliphatic heterocycles. The van der Waals surface area contributed by atoms with E-state index >= 15 is 0 Å². The van der Waals surface area contributed by atoms with Gasteiger partial charge in [0, 0.05) is 11.8 Å². The van der Waals surface area contributed by atoms with Crippen LogP contribution in [0.3, 0.4) is 0 Å². The van der Waals surface area contributed by atoms with Crippen molar-refractivity contribution in [2.75, 3.05) is 7.11 Å². The number of urea groups is 1. The molecule has 1 aliphatic carbocycles. The van der Waals surface area contributed by atoms with Crippen LogP contribution in [0.25, 0.3) is 0 Å². The smallest absolute Gasteiger partial charge is 0.338 e. The van der Waals surface area contributed by atoms with E-state index in [-0.39, 0.29) is 23.0 Å². The molecule has 1 unspecified atom stereocenters. The number of rotatable bonds is 5. The van der Waals surface area contributed by atoms with Crippen molar-refractivity contribution in [1.29, 1.82) is 0 Å². The van der Waals surface area contributed by atoms with E-state index in [1.807, 2.05) is 0 Å². The van der Waals surface area contributed by atoms with Gasteiger partial charge in [0.15, 0.2) is 5.75 Å². The van der Waals surface area contributed by atoms with Crippen LogP contribution in [0.2, 0.25) is 0 Å². The van der Waals surface area contributed by atoms with E-state index in [0.717, 1.165) is 31.7 Å². The number of benzene rings is 1. The lowest BCUT2D eigenvalue weighted by Gasteiger charge is -2.29. The maximum atomic E-state index is 12.8. The van der Waals surface area contributed by atoms with Gasteiger partial charge in [0.2, 0.25) is 5.75 Å². The summed E-state index contributed by atoms with van der Waals surface area (Å²) < 4.78 is 10.6. The first-order valence-corrected chi connectivity index (χ1v) is 8.86. The van der Waals surface area contributed by atoms with Gasteiger partial charge < -0.3 is 25.2 Å². The molecule has 0 bridgehead atoms. The lowest BCUT2D eigenvalue weighted by molar-refractivity contribution is -0.386. The molecular weight excluding hydrogens is 370 g/mol. The molecule has 2 aliphatic rings. The Kier molecular flexibility index (Phi) is 5.39. The number of nitrogens with one attached hydrogen (secondary N) is 2. The molecule has 1 aromatic carbocycles. The lowest BCUT2D eigenvalue weighted by atomic mass is 9.94. The standard InChI is InChI=1S/C18H21N3O7/c1-9-14(17(23)28-11-5-3-4-6-11)15(20-18(24)19-9)10-7-12(21(25)26)16(22)13(8-10)27-2/h7-8,11,15,22H,3-6H2,1-2H3,(H2,19,20,24). The fraction of sp³-hybridized carbons (Fsp3) is 0.444. The number of esters is 1. The monoisotopic (exact) mass is 391 g/mol. The lowest BCUT2D eigenvalue weighted by Crippen LogP contribution is -2.45. The van der Waals surface area contributed by atoms with Crippen molar-refractivity contribution in [3.8, 4) is 11.5 Å². The molecular formula is C18H21N3O7. The highest BCUT2D eigenvalue weighted by Crippen LogP contribution is 2.40. The summed E-state index contributed by atoms with van der Waals surface area (Å²) in [6.07, 6.45) is 3.34. The van der Waals surface area contributed by atoms with E-state index in [1.165, 1.54) is 13.2 Å². The van der Waals surface area contributed by atoms with Crippen LogP contribution in [0.1, 0.15) is 44.2 Å². The summed E-state index contributed by atoms with van der Waals surface area (Å²) in [6.45, 7) is 1.56. The molecule has 0 spiro atoms. The zero-order valence-corrected chi connectivity index (χ0v) is 15.5. The van der Waals surface area contributed by atoms with Gasteiger partial charge in [-0.25, -0.2) is 9.59 Å². The van der Waals surface area contributed by atoms with Crippen molar-refractivity contribution in [1.82, 2.24) is 10.6 Å². The minimum atomic E-state index is -0.990. The maximum absolute atomic E-state index is 12.8. The molecule has 1 atom stereocenters.